The summed E-state index contributed by atoms with van der Waals surface area (Å²) in [5.74, 6) is 1.63. The molecule has 0 aliphatic carbocycles. The Balaban J connectivity index is 1.46. The number of hydrogen-bond acceptors (Lipinski definition) is 8. The molecule has 4 bridgehead atoms. The molecule has 7 unspecified atom stereocenters. The Hall–Kier alpha value is 0.894. The summed E-state index contributed by atoms with van der Waals surface area (Å²) < 4.78 is 36.9. The summed E-state index contributed by atoms with van der Waals surface area (Å²) in [5, 5.41) is 0. The van der Waals surface area contributed by atoms with E-state index in [0.29, 0.717) is 6.61 Å². The first-order valence-corrected chi connectivity index (χ1v) is 13.5. The highest BCUT2D eigenvalue weighted by atomic mass is 32.1. The van der Waals surface area contributed by atoms with Crippen LogP contribution in [0.4, 0.5) is 0 Å². The first-order chi connectivity index (χ1) is 11.1. The molecular weight excluding hydrogens is 372 g/mol. The van der Waals surface area contributed by atoms with Gasteiger partial charge in [0.15, 0.2) is 0 Å². The summed E-state index contributed by atoms with van der Waals surface area (Å²) in [5.41, 5.74) is 0. The molecule has 0 aromatic rings. The molecule has 10 heteroatoms. The molecule has 4 heterocycles. The summed E-state index contributed by atoms with van der Waals surface area (Å²) in [6.07, 6.45) is 1.68. The molecule has 6 nitrogen and oxygen atoms in total. The second kappa shape index (κ2) is 6.56. The van der Waals surface area contributed by atoms with E-state index in [4.69, 9.17) is 26.6 Å². The highest BCUT2D eigenvalue weighted by molar-refractivity contribution is 7.80. The zero-order valence-electron chi connectivity index (χ0n) is 13.2. The van der Waals surface area contributed by atoms with Gasteiger partial charge in [-0.1, -0.05) is 0 Å². The third-order valence-electron chi connectivity index (χ3n) is 4.87. The van der Waals surface area contributed by atoms with E-state index in [1.165, 1.54) is 0 Å². The molecular formula is C13H24O6S2Si2. The van der Waals surface area contributed by atoms with Crippen molar-refractivity contribution in [1.82, 2.24) is 0 Å². The maximum absolute atomic E-state index is 6.31. The molecule has 4 aliphatic heterocycles. The van der Waals surface area contributed by atoms with E-state index in [-0.39, 0.29) is 30.5 Å². The van der Waals surface area contributed by atoms with Gasteiger partial charge in [-0.2, -0.15) is 25.3 Å². The lowest BCUT2D eigenvalue weighted by Gasteiger charge is -2.35. The minimum atomic E-state index is -2.55. The summed E-state index contributed by atoms with van der Waals surface area (Å²) >= 11 is 8.56. The molecule has 4 rings (SSSR count). The Kier molecular flexibility index (Phi) is 4.94. The van der Waals surface area contributed by atoms with Gasteiger partial charge in [0.25, 0.3) is 0 Å². The molecule has 0 N–H and O–H groups in total. The largest absolute Gasteiger partial charge is 0.502 e. The molecule has 7 atom stereocenters. The van der Waals surface area contributed by atoms with Crippen molar-refractivity contribution in [3.8, 4) is 0 Å². The maximum Gasteiger partial charge on any atom is 0.502 e. The minimum absolute atomic E-state index is 0.0299. The predicted octanol–water partition coefficient (Wildman–Crippen LogP) is 1.52. The standard InChI is InChI=1S/C13H24O6S2Si2/c1-9-11-13(19-23(15-9,17-11)7-3-5-21)12-10-8-14-22(16-10,18-12)6-2-4-20/h9-13,20-21H,2-8H2,1H3. The van der Waals surface area contributed by atoms with Crippen molar-refractivity contribution in [2.24, 2.45) is 0 Å². The Morgan fingerprint density at radius 3 is 2.22 bits per heavy atom. The van der Waals surface area contributed by atoms with E-state index in [1.807, 2.05) is 0 Å². The summed E-state index contributed by atoms with van der Waals surface area (Å²) in [6.45, 7) is 2.67. The van der Waals surface area contributed by atoms with E-state index in [9.17, 15) is 0 Å². The average Bonchev–Trinajstić information content (AvgIpc) is 3.28. The third-order valence-corrected chi connectivity index (χ3v) is 11.3. The van der Waals surface area contributed by atoms with Crippen LogP contribution in [0.3, 0.4) is 0 Å². The van der Waals surface area contributed by atoms with Crippen LogP contribution in [0.25, 0.3) is 0 Å². The Labute approximate surface area is 150 Å². The molecule has 0 saturated carbocycles. The van der Waals surface area contributed by atoms with Gasteiger partial charge in [0.05, 0.1) is 18.8 Å². The lowest BCUT2D eigenvalue weighted by atomic mass is 10.0. The Morgan fingerprint density at radius 2 is 1.48 bits per heavy atom. The minimum Gasteiger partial charge on any atom is -0.371 e. The molecule has 4 fully saturated rings. The second-order valence-corrected chi connectivity index (χ2v) is 12.7. The fourth-order valence-corrected chi connectivity index (χ4v) is 11.0. The predicted molar refractivity (Wildman–Crippen MR) is 94.1 cm³/mol. The van der Waals surface area contributed by atoms with Gasteiger partial charge in [0, 0.05) is 12.1 Å². The van der Waals surface area contributed by atoms with E-state index in [2.05, 4.69) is 32.2 Å². The molecule has 23 heavy (non-hydrogen) atoms. The van der Waals surface area contributed by atoms with Crippen molar-refractivity contribution < 1.29 is 26.6 Å². The molecule has 0 aromatic carbocycles. The number of rotatable bonds is 7. The maximum atomic E-state index is 6.31. The summed E-state index contributed by atoms with van der Waals surface area (Å²) in [7, 11) is -5.05. The first-order valence-electron chi connectivity index (χ1n) is 8.35. The van der Waals surface area contributed by atoms with Crippen molar-refractivity contribution in [3.63, 3.8) is 0 Å². The van der Waals surface area contributed by atoms with E-state index >= 15 is 0 Å². The van der Waals surface area contributed by atoms with Gasteiger partial charge in [0.1, 0.15) is 18.3 Å². The van der Waals surface area contributed by atoms with Crippen LogP contribution in [0.2, 0.25) is 12.1 Å². The molecule has 4 aliphatic rings. The van der Waals surface area contributed by atoms with Crippen LogP contribution in [0, 0.1) is 0 Å². The van der Waals surface area contributed by atoms with Crippen LogP contribution in [0.5, 0.6) is 0 Å². The quantitative estimate of drug-likeness (QED) is 0.503. The van der Waals surface area contributed by atoms with Gasteiger partial charge in [-0.3, -0.25) is 0 Å². The SMILES string of the molecule is CC1O[Si]2(CCCS)OC1C(C1O[Si]3(CCCS)OCC1O3)O2. The van der Waals surface area contributed by atoms with Crippen molar-refractivity contribution in [2.45, 2.75) is 62.4 Å². The molecule has 0 aromatic heterocycles. The van der Waals surface area contributed by atoms with Crippen molar-refractivity contribution >= 4 is 42.9 Å². The summed E-state index contributed by atoms with van der Waals surface area (Å²) in [6, 6.07) is 1.65. The van der Waals surface area contributed by atoms with Gasteiger partial charge in [-0.25, -0.2) is 0 Å². The smallest absolute Gasteiger partial charge is 0.371 e. The number of fused-ring (bicyclic) bond motifs is 4. The van der Waals surface area contributed by atoms with Crippen molar-refractivity contribution in [1.29, 1.82) is 0 Å². The van der Waals surface area contributed by atoms with E-state index in [0.717, 1.165) is 36.4 Å². The van der Waals surface area contributed by atoms with Gasteiger partial charge in [-0.05, 0) is 31.3 Å². The van der Waals surface area contributed by atoms with Crippen LogP contribution < -0.4 is 0 Å². The van der Waals surface area contributed by atoms with E-state index in [1.54, 1.807) is 0 Å². The first kappa shape index (κ1) is 17.3. The molecule has 0 spiro atoms. The fraction of sp³-hybridized carbons (Fsp3) is 1.00. The van der Waals surface area contributed by atoms with Gasteiger partial charge < -0.3 is 26.6 Å². The highest BCUT2D eigenvalue weighted by Gasteiger charge is 2.69. The van der Waals surface area contributed by atoms with Crippen LogP contribution in [0.1, 0.15) is 19.8 Å². The number of hydrogen-bond donors (Lipinski definition) is 2. The monoisotopic (exact) mass is 396 g/mol. The molecule has 0 amide bonds. The fourth-order valence-electron chi connectivity index (χ4n) is 3.85. The average molecular weight is 397 g/mol. The summed E-state index contributed by atoms with van der Waals surface area (Å²) in [4.78, 5) is 0. The zero-order valence-corrected chi connectivity index (χ0v) is 17.0. The van der Waals surface area contributed by atoms with Gasteiger partial charge in [-0.15, -0.1) is 0 Å². The Bertz CT molecular complexity index is 462. The van der Waals surface area contributed by atoms with Crippen LogP contribution in [0.15, 0.2) is 0 Å². The lowest BCUT2D eigenvalue weighted by molar-refractivity contribution is -0.0594. The van der Waals surface area contributed by atoms with Crippen LogP contribution >= 0.6 is 25.3 Å². The normalized spacial score (nSPS) is 51.0. The van der Waals surface area contributed by atoms with Crippen molar-refractivity contribution in [2.75, 3.05) is 18.1 Å². The topological polar surface area (TPSA) is 55.4 Å². The van der Waals surface area contributed by atoms with E-state index < -0.39 is 17.6 Å². The number of thiol groups is 2. The third kappa shape index (κ3) is 2.98. The van der Waals surface area contributed by atoms with Gasteiger partial charge in [0.2, 0.25) is 0 Å². The van der Waals surface area contributed by atoms with Crippen molar-refractivity contribution in [3.05, 3.63) is 0 Å². The molecule has 0 radical (unpaired) electrons. The highest BCUT2D eigenvalue weighted by Crippen LogP contribution is 2.47. The molecule has 132 valence electrons. The second-order valence-electron chi connectivity index (χ2n) is 6.56. The van der Waals surface area contributed by atoms with Crippen LogP contribution in [-0.4, -0.2) is 66.2 Å². The molecule has 4 saturated heterocycles. The Morgan fingerprint density at radius 1 is 0.826 bits per heavy atom. The van der Waals surface area contributed by atoms with Crippen LogP contribution in [-0.2, 0) is 26.6 Å². The zero-order chi connectivity index (χ0) is 16.1. The van der Waals surface area contributed by atoms with Gasteiger partial charge >= 0.3 is 17.6 Å². The lowest BCUT2D eigenvalue weighted by Crippen LogP contribution is -2.54.